The lowest BCUT2D eigenvalue weighted by Gasteiger charge is -2.30. The van der Waals surface area contributed by atoms with Crippen LogP contribution in [0.15, 0.2) is 65.5 Å². The lowest BCUT2D eigenvalue weighted by Crippen LogP contribution is -2.42. The maximum Gasteiger partial charge on any atom is 0.410 e. The average Bonchev–Trinajstić information content (AvgIpc) is 2.81. The third-order valence-corrected chi connectivity index (χ3v) is 5.49. The molecule has 0 N–H and O–H groups in total. The molecule has 0 fully saturated rings. The second-order valence-corrected chi connectivity index (χ2v) is 7.46. The van der Waals surface area contributed by atoms with Crippen LogP contribution in [0.3, 0.4) is 0 Å². The van der Waals surface area contributed by atoms with Gasteiger partial charge in [0.2, 0.25) is 0 Å². The van der Waals surface area contributed by atoms with E-state index in [1.54, 1.807) is 11.5 Å². The Labute approximate surface area is 179 Å². The third-order valence-electron chi connectivity index (χ3n) is 5.49. The summed E-state index contributed by atoms with van der Waals surface area (Å²) in [6, 6.07) is 19.4. The Balaban J connectivity index is 1.76. The second-order valence-electron chi connectivity index (χ2n) is 7.46. The zero-order chi connectivity index (χ0) is 21.8. The molecule has 160 valence electrons. The third kappa shape index (κ3) is 4.21. The number of amides is 1. The SMILES string of the molecule is Cc1nc2c(c(=O)n1C(c1ccccc1)c1ccccc1)CCN(C(=O)OCCF)C2. The predicted octanol–water partition coefficient (Wildman–Crippen LogP) is 3.65. The van der Waals surface area contributed by atoms with E-state index in [1.807, 2.05) is 60.7 Å². The molecule has 0 saturated carbocycles. The van der Waals surface area contributed by atoms with E-state index in [-0.39, 0.29) is 24.8 Å². The van der Waals surface area contributed by atoms with Crippen LogP contribution in [0.25, 0.3) is 0 Å². The zero-order valence-electron chi connectivity index (χ0n) is 17.3. The fraction of sp³-hybridized carbons (Fsp3) is 0.292. The first kappa shape index (κ1) is 20.8. The van der Waals surface area contributed by atoms with E-state index in [9.17, 15) is 14.0 Å². The maximum absolute atomic E-state index is 13.6. The highest BCUT2D eigenvalue weighted by Crippen LogP contribution is 2.27. The number of aromatic nitrogens is 2. The zero-order valence-corrected chi connectivity index (χ0v) is 17.3. The molecule has 3 aromatic rings. The summed E-state index contributed by atoms with van der Waals surface area (Å²) in [6.45, 7) is 1.32. The molecule has 1 aliphatic heterocycles. The molecule has 4 rings (SSSR count). The molecule has 0 atom stereocenters. The Morgan fingerprint density at radius 3 is 2.29 bits per heavy atom. The van der Waals surface area contributed by atoms with Gasteiger partial charge in [-0.05, 0) is 24.5 Å². The van der Waals surface area contributed by atoms with Crippen LogP contribution in [0.4, 0.5) is 9.18 Å². The van der Waals surface area contributed by atoms with E-state index in [0.29, 0.717) is 30.0 Å². The Hall–Kier alpha value is -3.48. The molecular formula is C24H24FN3O3. The molecule has 7 heteroatoms. The summed E-state index contributed by atoms with van der Waals surface area (Å²) < 4.78 is 18.9. The van der Waals surface area contributed by atoms with Gasteiger partial charge in [0.15, 0.2) is 0 Å². The van der Waals surface area contributed by atoms with Gasteiger partial charge in [-0.3, -0.25) is 9.36 Å². The smallest absolute Gasteiger partial charge is 0.410 e. The first-order chi connectivity index (χ1) is 15.1. The van der Waals surface area contributed by atoms with E-state index >= 15 is 0 Å². The predicted molar refractivity (Wildman–Crippen MR) is 115 cm³/mol. The van der Waals surface area contributed by atoms with Gasteiger partial charge >= 0.3 is 6.09 Å². The largest absolute Gasteiger partial charge is 0.447 e. The molecule has 0 spiro atoms. The van der Waals surface area contributed by atoms with E-state index < -0.39 is 12.8 Å². The van der Waals surface area contributed by atoms with Gasteiger partial charge in [-0.1, -0.05) is 60.7 Å². The summed E-state index contributed by atoms with van der Waals surface area (Å²) in [5.74, 6) is 0.570. The topological polar surface area (TPSA) is 64.4 Å². The number of carbonyl (C=O) groups excluding carboxylic acids is 1. The van der Waals surface area contributed by atoms with Gasteiger partial charge in [-0.25, -0.2) is 14.2 Å². The van der Waals surface area contributed by atoms with Crippen molar-refractivity contribution in [3.8, 4) is 0 Å². The molecule has 0 unspecified atom stereocenters. The van der Waals surface area contributed by atoms with Crippen LogP contribution < -0.4 is 5.56 Å². The van der Waals surface area contributed by atoms with Gasteiger partial charge in [0.05, 0.1) is 18.3 Å². The number of halogens is 1. The Kier molecular flexibility index (Phi) is 6.11. The Morgan fingerprint density at radius 2 is 1.71 bits per heavy atom. The standard InChI is InChI=1S/C24H24FN3O3/c1-17-26-21-16-27(24(30)31-15-13-25)14-12-20(21)23(29)28(17)22(18-8-4-2-5-9-18)19-10-6-3-7-11-19/h2-11,22H,12-16H2,1H3. The first-order valence-corrected chi connectivity index (χ1v) is 10.3. The molecule has 0 bridgehead atoms. The quantitative estimate of drug-likeness (QED) is 0.631. The summed E-state index contributed by atoms with van der Waals surface area (Å²) >= 11 is 0. The molecule has 1 aromatic heterocycles. The van der Waals surface area contributed by atoms with E-state index in [1.165, 1.54) is 4.90 Å². The van der Waals surface area contributed by atoms with E-state index in [2.05, 4.69) is 0 Å². The van der Waals surface area contributed by atoms with Crippen molar-refractivity contribution in [2.24, 2.45) is 0 Å². The highest BCUT2D eigenvalue weighted by atomic mass is 19.1. The number of hydrogen-bond donors (Lipinski definition) is 0. The molecule has 0 radical (unpaired) electrons. The molecule has 31 heavy (non-hydrogen) atoms. The van der Waals surface area contributed by atoms with E-state index in [0.717, 1.165) is 11.1 Å². The summed E-state index contributed by atoms with van der Waals surface area (Å²) in [5, 5.41) is 0. The number of alkyl halides is 1. The van der Waals surface area contributed by atoms with Crippen molar-refractivity contribution in [3.63, 3.8) is 0 Å². The van der Waals surface area contributed by atoms with Crippen molar-refractivity contribution in [1.29, 1.82) is 0 Å². The number of aryl methyl sites for hydroxylation is 1. The lowest BCUT2D eigenvalue weighted by atomic mass is 9.97. The van der Waals surface area contributed by atoms with Crippen LogP contribution in [0.1, 0.15) is 34.3 Å². The molecule has 2 heterocycles. The fourth-order valence-corrected chi connectivity index (χ4v) is 4.06. The van der Waals surface area contributed by atoms with Gasteiger partial charge in [0.25, 0.3) is 5.56 Å². The van der Waals surface area contributed by atoms with Crippen LogP contribution in [-0.2, 0) is 17.7 Å². The Bertz CT molecular complexity index is 1080. The number of hydrogen-bond acceptors (Lipinski definition) is 4. The van der Waals surface area contributed by atoms with Gasteiger partial charge in [0.1, 0.15) is 19.1 Å². The van der Waals surface area contributed by atoms with Crippen LogP contribution in [-0.4, -0.2) is 40.4 Å². The minimum Gasteiger partial charge on any atom is -0.447 e. The number of fused-ring (bicyclic) bond motifs is 1. The normalized spacial score (nSPS) is 13.2. The molecule has 6 nitrogen and oxygen atoms in total. The fourth-order valence-electron chi connectivity index (χ4n) is 4.06. The van der Waals surface area contributed by atoms with Crippen LogP contribution >= 0.6 is 0 Å². The van der Waals surface area contributed by atoms with Crippen molar-refractivity contribution >= 4 is 6.09 Å². The van der Waals surface area contributed by atoms with E-state index in [4.69, 9.17) is 9.72 Å². The van der Waals surface area contributed by atoms with Crippen LogP contribution in [0, 0.1) is 6.92 Å². The van der Waals surface area contributed by atoms with Gasteiger partial charge in [-0.15, -0.1) is 0 Å². The summed E-state index contributed by atoms with van der Waals surface area (Å²) in [6.07, 6.45) is -0.207. The van der Waals surface area contributed by atoms with Gasteiger partial charge in [-0.2, -0.15) is 0 Å². The summed E-state index contributed by atoms with van der Waals surface area (Å²) in [4.78, 5) is 31.9. The second kappa shape index (κ2) is 9.12. The minimum absolute atomic E-state index is 0.100. The molecule has 2 aromatic carbocycles. The first-order valence-electron chi connectivity index (χ1n) is 10.3. The van der Waals surface area contributed by atoms with Crippen molar-refractivity contribution < 1.29 is 13.9 Å². The van der Waals surface area contributed by atoms with Crippen molar-refractivity contribution in [2.75, 3.05) is 19.8 Å². The van der Waals surface area contributed by atoms with Crippen molar-refractivity contribution in [3.05, 3.63) is 99.2 Å². The number of ether oxygens (including phenoxy) is 1. The molecule has 0 aliphatic carbocycles. The number of carbonyl (C=O) groups is 1. The lowest BCUT2D eigenvalue weighted by molar-refractivity contribution is 0.0913. The number of nitrogens with zero attached hydrogens (tertiary/aromatic N) is 3. The highest BCUT2D eigenvalue weighted by Gasteiger charge is 2.28. The van der Waals surface area contributed by atoms with Gasteiger partial charge in [0, 0.05) is 12.1 Å². The maximum atomic E-state index is 13.6. The number of benzene rings is 2. The number of rotatable bonds is 5. The average molecular weight is 421 g/mol. The monoisotopic (exact) mass is 421 g/mol. The van der Waals surface area contributed by atoms with Crippen molar-refractivity contribution in [2.45, 2.75) is 25.9 Å². The van der Waals surface area contributed by atoms with Crippen molar-refractivity contribution in [1.82, 2.24) is 14.5 Å². The van der Waals surface area contributed by atoms with Crippen LogP contribution in [0.2, 0.25) is 0 Å². The molecule has 1 amide bonds. The highest BCUT2D eigenvalue weighted by molar-refractivity contribution is 5.68. The molecular weight excluding hydrogens is 397 g/mol. The minimum atomic E-state index is -0.724. The summed E-state index contributed by atoms with van der Waals surface area (Å²) in [5.41, 5.74) is 3.07. The molecule has 1 aliphatic rings. The van der Waals surface area contributed by atoms with Crippen LogP contribution in [0.5, 0.6) is 0 Å². The van der Waals surface area contributed by atoms with Gasteiger partial charge < -0.3 is 9.64 Å². The summed E-state index contributed by atoms with van der Waals surface area (Å²) in [7, 11) is 0. The Morgan fingerprint density at radius 1 is 1.10 bits per heavy atom. The molecule has 0 saturated heterocycles.